The predicted octanol–water partition coefficient (Wildman–Crippen LogP) is 4.13. The van der Waals surface area contributed by atoms with Gasteiger partial charge in [0.2, 0.25) is 0 Å². The lowest BCUT2D eigenvalue weighted by atomic mass is 10.0. The van der Waals surface area contributed by atoms with Gasteiger partial charge in [-0.25, -0.2) is 0 Å². The summed E-state index contributed by atoms with van der Waals surface area (Å²) < 4.78 is 0. The van der Waals surface area contributed by atoms with E-state index in [0.717, 1.165) is 43.0 Å². The number of aldehydes is 1. The number of nitrogens with one attached hydrogen (secondary N) is 1. The summed E-state index contributed by atoms with van der Waals surface area (Å²) in [6.45, 7) is 2.04. The summed E-state index contributed by atoms with van der Waals surface area (Å²) >= 11 is 8.23. The van der Waals surface area contributed by atoms with E-state index in [-0.39, 0.29) is 0 Å². The maximum Gasteiger partial charge on any atom is 0.150 e. The third kappa shape index (κ3) is 3.54. The molecule has 0 radical (unpaired) electrons. The first-order valence-electron chi connectivity index (χ1n) is 7.46. The van der Waals surface area contributed by atoms with E-state index in [1.807, 2.05) is 30.3 Å². The molecule has 114 valence electrons. The molecule has 0 atom stereocenters. The van der Waals surface area contributed by atoms with Gasteiger partial charge in [0.25, 0.3) is 0 Å². The first-order chi connectivity index (χ1) is 10.8. The molecule has 0 unspecified atom stereocenters. The van der Waals surface area contributed by atoms with Crippen LogP contribution in [0.15, 0.2) is 41.3 Å². The standard InChI is InChI=1S/C18H18ClNOS/c19-17-6-5-15-7-9-20-10-8-16(15)18(17)22-12-14-3-1-13(11-21)2-4-14/h1-6,11,20H,7-10,12H2. The van der Waals surface area contributed by atoms with Crippen molar-refractivity contribution in [3.8, 4) is 0 Å². The maximum absolute atomic E-state index is 10.7. The smallest absolute Gasteiger partial charge is 0.150 e. The number of thioether (sulfide) groups is 1. The largest absolute Gasteiger partial charge is 0.316 e. The summed E-state index contributed by atoms with van der Waals surface area (Å²) in [6.07, 6.45) is 2.97. The highest BCUT2D eigenvalue weighted by Crippen LogP contribution is 2.35. The maximum atomic E-state index is 10.7. The van der Waals surface area contributed by atoms with Crippen LogP contribution in [0.2, 0.25) is 5.02 Å². The van der Waals surface area contributed by atoms with Crippen LogP contribution in [-0.4, -0.2) is 19.4 Å². The molecule has 1 aliphatic heterocycles. The molecule has 0 amide bonds. The van der Waals surface area contributed by atoms with Crippen LogP contribution < -0.4 is 5.32 Å². The third-order valence-electron chi connectivity index (χ3n) is 3.93. The van der Waals surface area contributed by atoms with E-state index in [4.69, 9.17) is 11.6 Å². The van der Waals surface area contributed by atoms with E-state index < -0.39 is 0 Å². The van der Waals surface area contributed by atoms with Crippen LogP contribution in [0.1, 0.15) is 27.0 Å². The number of carbonyl (C=O) groups excluding carboxylic acids is 1. The average molecular weight is 332 g/mol. The van der Waals surface area contributed by atoms with Gasteiger partial charge in [0, 0.05) is 16.2 Å². The Morgan fingerprint density at radius 2 is 1.86 bits per heavy atom. The van der Waals surface area contributed by atoms with Gasteiger partial charge in [-0.3, -0.25) is 4.79 Å². The van der Waals surface area contributed by atoms with Crippen LogP contribution >= 0.6 is 23.4 Å². The average Bonchev–Trinajstić information content (AvgIpc) is 2.80. The number of halogens is 1. The third-order valence-corrected chi connectivity index (χ3v) is 5.59. The van der Waals surface area contributed by atoms with Crippen LogP contribution in [0.3, 0.4) is 0 Å². The highest BCUT2D eigenvalue weighted by molar-refractivity contribution is 7.98. The zero-order valence-electron chi connectivity index (χ0n) is 12.3. The molecule has 0 fully saturated rings. The number of fused-ring (bicyclic) bond motifs is 1. The van der Waals surface area contributed by atoms with Crippen molar-refractivity contribution in [3.05, 3.63) is 63.7 Å². The molecule has 0 saturated carbocycles. The van der Waals surface area contributed by atoms with Crippen LogP contribution in [0, 0.1) is 0 Å². The molecular weight excluding hydrogens is 314 g/mol. The molecule has 0 spiro atoms. The van der Waals surface area contributed by atoms with Crippen LogP contribution in [0.5, 0.6) is 0 Å². The molecule has 1 heterocycles. The second kappa shape index (κ2) is 7.32. The SMILES string of the molecule is O=Cc1ccc(CSc2c(Cl)ccc3c2CCNCC3)cc1. The summed E-state index contributed by atoms with van der Waals surface area (Å²) in [7, 11) is 0. The molecule has 2 nitrogen and oxygen atoms in total. The fourth-order valence-electron chi connectivity index (χ4n) is 2.71. The fourth-order valence-corrected chi connectivity index (χ4v) is 4.17. The van der Waals surface area contributed by atoms with Crippen LogP contribution in [0.4, 0.5) is 0 Å². The van der Waals surface area contributed by atoms with E-state index in [2.05, 4.69) is 11.4 Å². The van der Waals surface area contributed by atoms with Crippen molar-refractivity contribution in [2.75, 3.05) is 13.1 Å². The van der Waals surface area contributed by atoms with Gasteiger partial charge in [-0.1, -0.05) is 41.9 Å². The summed E-state index contributed by atoms with van der Waals surface area (Å²) in [5.74, 6) is 0.864. The number of hydrogen-bond acceptors (Lipinski definition) is 3. The Balaban J connectivity index is 1.80. The molecule has 0 aromatic heterocycles. The van der Waals surface area contributed by atoms with Gasteiger partial charge >= 0.3 is 0 Å². The lowest BCUT2D eigenvalue weighted by molar-refractivity contribution is 0.112. The van der Waals surface area contributed by atoms with Crippen molar-refractivity contribution in [3.63, 3.8) is 0 Å². The molecule has 3 rings (SSSR count). The first-order valence-corrected chi connectivity index (χ1v) is 8.82. The van der Waals surface area contributed by atoms with E-state index in [1.165, 1.54) is 21.6 Å². The number of benzene rings is 2. The zero-order chi connectivity index (χ0) is 15.4. The molecule has 1 aliphatic rings. The summed E-state index contributed by atoms with van der Waals surface area (Å²) in [5.41, 5.74) is 4.72. The van der Waals surface area contributed by atoms with Gasteiger partial charge in [-0.15, -0.1) is 11.8 Å². The molecule has 1 N–H and O–H groups in total. The quantitative estimate of drug-likeness (QED) is 0.674. The van der Waals surface area contributed by atoms with Gasteiger partial charge in [0.1, 0.15) is 6.29 Å². The van der Waals surface area contributed by atoms with E-state index in [0.29, 0.717) is 5.56 Å². The predicted molar refractivity (Wildman–Crippen MR) is 93.1 cm³/mol. The normalized spacial score (nSPS) is 14.2. The molecule has 0 saturated heterocycles. The van der Waals surface area contributed by atoms with Gasteiger partial charge in [0.15, 0.2) is 0 Å². The lowest BCUT2D eigenvalue weighted by Gasteiger charge is -2.14. The van der Waals surface area contributed by atoms with Crippen molar-refractivity contribution in [2.45, 2.75) is 23.5 Å². The number of carbonyl (C=O) groups is 1. The van der Waals surface area contributed by atoms with Crippen molar-refractivity contribution in [1.82, 2.24) is 5.32 Å². The summed E-state index contributed by atoms with van der Waals surface area (Å²) in [5, 5.41) is 4.28. The summed E-state index contributed by atoms with van der Waals surface area (Å²) in [4.78, 5) is 11.9. The Morgan fingerprint density at radius 3 is 2.64 bits per heavy atom. The van der Waals surface area contributed by atoms with E-state index in [1.54, 1.807) is 11.8 Å². The topological polar surface area (TPSA) is 29.1 Å². The van der Waals surface area contributed by atoms with Gasteiger partial charge in [-0.05, 0) is 48.7 Å². The van der Waals surface area contributed by atoms with Crippen LogP contribution in [-0.2, 0) is 18.6 Å². The van der Waals surface area contributed by atoms with Gasteiger partial charge in [-0.2, -0.15) is 0 Å². The highest BCUT2D eigenvalue weighted by atomic mass is 35.5. The highest BCUT2D eigenvalue weighted by Gasteiger charge is 2.15. The van der Waals surface area contributed by atoms with Crippen LogP contribution in [0.25, 0.3) is 0 Å². The molecule has 22 heavy (non-hydrogen) atoms. The Kier molecular flexibility index (Phi) is 5.19. The summed E-state index contributed by atoms with van der Waals surface area (Å²) in [6, 6.07) is 11.9. The Hall–Kier alpha value is -1.29. The number of hydrogen-bond donors (Lipinski definition) is 1. The van der Waals surface area contributed by atoms with Crippen molar-refractivity contribution < 1.29 is 4.79 Å². The molecule has 2 aromatic carbocycles. The lowest BCUT2D eigenvalue weighted by Crippen LogP contribution is -2.16. The minimum absolute atomic E-state index is 0.714. The van der Waals surface area contributed by atoms with E-state index in [9.17, 15) is 4.79 Å². The molecule has 0 aliphatic carbocycles. The zero-order valence-corrected chi connectivity index (χ0v) is 13.8. The monoisotopic (exact) mass is 331 g/mol. The molecule has 0 bridgehead atoms. The minimum Gasteiger partial charge on any atom is -0.316 e. The second-order valence-corrected chi connectivity index (χ2v) is 6.81. The van der Waals surface area contributed by atoms with Crippen molar-refractivity contribution in [2.24, 2.45) is 0 Å². The Bertz CT molecular complexity index is 670. The fraction of sp³-hybridized carbons (Fsp3) is 0.278. The molecule has 4 heteroatoms. The van der Waals surface area contributed by atoms with Gasteiger partial charge in [0.05, 0.1) is 5.02 Å². The minimum atomic E-state index is 0.714. The molecule has 2 aromatic rings. The second-order valence-electron chi connectivity index (χ2n) is 5.41. The Labute approximate surface area is 140 Å². The number of rotatable bonds is 4. The van der Waals surface area contributed by atoms with Crippen molar-refractivity contribution >= 4 is 29.6 Å². The van der Waals surface area contributed by atoms with E-state index >= 15 is 0 Å². The van der Waals surface area contributed by atoms with Crippen molar-refractivity contribution in [1.29, 1.82) is 0 Å². The molecular formula is C18H18ClNOS. The Morgan fingerprint density at radius 1 is 1.09 bits per heavy atom. The first kappa shape index (κ1) is 15.6. The van der Waals surface area contributed by atoms with Gasteiger partial charge < -0.3 is 5.32 Å².